The van der Waals surface area contributed by atoms with Crippen LogP contribution in [0.1, 0.15) is 18.2 Å². The van der Waals surface area contributed by atoms with Crippen molar-refractivity contribution in [2.45, 2.75) is 6.92 Å². The van der Waals surface area contributed by atoms with Crippen LogP contribution in [0.5, 0.6) is 0 Å². The molecule has 0 aliphatic heterocycles. The lowest BCUT2D eigenvalue weighted by Crippen LogP contribution is -1.81. The van der Waals surface area contributed by atoms with E-state index < -0.39 is 0 Å². The average molecular weight is 260 g/mol. The summed E-state index contributed by atoms with van der Waals surface area (Å²) in [5.74, 6) is 0.821. The molecular weight excluding hydrogens is 244 g/mol. The third-order valence-corrected chi connectivity index (χ3v) is 3.38. The van der Waals surface area contributed by atoms with Gasteiger partial charge in [-0.05, 0) is 30.2 Å². The number of benzene rings is 2. The molecule has 0 bridgehead atoms. The summed E-state index contributed by atoms with van der Waals surface area (Å²) in [7, 11) is 0. The highest BCUT2D eigenvalue weighted by molar-refractivity contribution is 6.01. The molecule has 0 N–H and O–H groups in total. The number of allylic oxidation sites excluding steroid dienone is 1. The Bertz CT molecular complexity index is 776. The fourth-order valence-corrected chi connectivity index (χ4v) is 2.53. The van der Waals surface area contributed by atoms with Crippen LogP contribution in [0.15, 0.2) is 65.6 Å². The standard InChI is InChI=1S/C19H16O/c1-3-9-16-17(4-2)20-18-13-8-12-15(19(16)18)14-10-6-5-7-11-14/h3-13H,2H2,1H3/b9-3-. The van der Waals surface area contributed by atoms with Crippen molar-refractivity contribution < 1.29 is 4.42 Å². The summed E-state index contributed by atoms with van der Waals surface area (Å²) in [6, 6.07) is 16.5. The molecule has 1 aromatic heterocycles. The Morgan fingerprint density at radius 1 is 1.00 bits per heavy atom. The first-order valence-corrected chi connectivity index (χ1v) is 6.71. The van der Waals surface area contributed by atoms with Gasteiger partial charge in [-0.25, -0.2) is 0 Å². The van der Waals surface area contributed by atoms with E-state index >= 15 is 0 Å². The van der Waals surface area contributed by atoms with Crippen molar-refractivity contribution in [3.05, 3.63) is 72.5 Å². The Labute approximate surface area is 118 Å². The van der Waals surface area contributed by atoms with Gasteiger partial charge in [-0.15, -0.1) is 0 Å². The lowest BCUT2D eigenvalue weighted by Gasteiger charge is -2.04. The zero-order valence-electron chi connectivity index (χ0n) is 11.5. The summed E-state index contributed by atoms with van der Waals surface area (Å²) in [6.07, 6.45) is 5.87. The Hall–Kier alpha value is -2.54. The lowest BCUT2D eigenvalue weighted by atomic mass is 9.98. The van der Waals surface area contributed by atoms with Crippen LogP contribution in [0, 0.1) is 0 Å². The highest BCUT2D eigenvalue weighted by atomic mass is 16.3. The second kappa shape index (κ2) is 5.22. The molecule has 1 heterocycles. The van der Waals surface area contributed by atoms with Crippen LogP contribution in [-0.2, 0) is 0 Å². The van der Waals surface area contributed by atoms with Gasteiger partial charge < -0.3 is 4.42 Å². The molecule has 1 heteroatoms. The summed E-state index contributed by atoms with van der Waals surface area (Å²) >= 11 is 0. The summed E-state index contributed by atoms with van der Waals surface area (Å²) in [6.45, 7) is 5.85. The molecule has 20 heavy (non-hydrogen) atoms. The quantitative estimate of drug-likeness (QED) is 0.582. The maximum atomic E-state index is 5.89. The molecule has 2 aromatic carbocycles. The highest BCUT2D eigenvalue weighted by Gasteiger charge is 2.14. The van der Waals surface area contributed by atoms with Gasteiger partial charge in [0, 0.05) is 10.9 Å². The highest BCUT2D eigenvalue weighted by Crippen LogP contribution is 2.36. The topological polar surface area (TPSA) is 13.1 Å². The fraction of sp³-hybridized carbons (Fsp3) is 0.0526. The largest absolute Gasteiger partial charge is 0.456 e. The Balaban J connectivity index is 2.39. The summed E-state index contributed by atoms with van der Waals surface area (Å²) in [5.41, 5.74) is 4.37. The molecule has 0 saturated heterocycles. The van der Waals surface area contributed by atoms with Gasteiger partial charge in [0.2, 0.25) is 0 Å². The maximum Gasteiger partial charge on any atom is 0.136 e. The van der Waals surface area contributed by atoms with E-state index in [2.05, 4.69) is 43.0 Å². The molecule has 0 atom stereocenters. The van der Waals surface area contributed by atoms with Crippen molar-refractivity contribution in [1.29, 1.82) is 0 Å². The minimum absolute atomic E-state index is 0.821. The second-order valence-corrected chi connectivity index (χ2v) is 4.63. The predicted octanol–water partition coefficient (Wildman–Crippen LogP) is 5.78. The number of furan rings is 1. The van der Waals surface area contributed by atoms with Crippen LogP contribution in [0.4, 0.5) is 0 Å². The molecule has 0 fully saturated rings. The van der Waals surface area contributed by atoms with Crippen molar-refractivity contribution in [3.8, 4) is 11.1 Å². The Kier molecular flexibility index (Phi) is 3.26. The van der Waals surface area contributed by atoms with Gasteiger partial charge in [0.25, 0.3) is 0 Å². The zero-order chi connectivity index (χ0) is 13.9. The van der Waals surface area contributed by atoms with Gasteiger partial charge >= 0.3 is 0 Å². The normalized spacial score (nSPS) is 11.2. The van der Waals surface area contributed by atoms with Gasteiger partial charge in [0.15, 0.2) is 0 Å². The van der Waals surface area contributed by atoms with Crippen LogP contribution in [-0.4, -0.2) is 0 Å². The van der Waals surface area contributed by atoms with Gasteiger partial charge in [0.05, 0.1) is 0 Å². The molecular formula is C19H16O. The van der Waals surface area contributed by atoms with Gasteiger partial charge in [-0.3, -0.25) is 0 Å². The SMILES string of the molecule is C=Cc1oc2cccc(-c3ccccc3)c2c1/C=C\C. The van der Waals surface area contributed by atoms with Crippen LogP contribution >= 0.6 is 0 Å². The fourth-order valence-electron chi connectivity index (χ4n) is 2.53. The van der Waals surface area contributed by atoms with Crippen LogP contribution in [0.25, 0.3) is 34.2 Å². The molecule has 0 amide bonds. The first kappa shape index (κ1) is 12.5. The van der Waals surface area contributed by atoms with Gasteiger partial charge in [0.1, 0.15) is 11.3 Å². The van der Waals surface area contributed by atoms with Crippen LogP contribution in [0.3, 0.4) is 0 Å². The second-order valence-electron chi connectivity index (χ2n) is 4.63. The lowest BCUT2D eigenvalue weighted by molar-refractivity contribution is 0.603. The summed E-state index contributed by atoms with van der Waals surface area (Å²) < 4.78 is 5.89. The molecule has 0 unspecified atom stereocenters. The van der Waals surface area contributed by atoms with Gasteiger partial charge in [-0.1, -0.05) is 61.2 Å². The van der Waals surface area contributed by atoms with E-state index in [4.69, 9.17) is 4.42 Å². The molecule has 0 radical (unpaired) electrons. The van der Waals surface area contributed by atoms with Crippen molar-refractivity contribution in [2.24, 2.45) is 0 Å². The number of fused-ring (bicyclic) bond motifs is 1. The average Bonchev–Trinajstić information content (AvgIpc) is 2.86. The first-order chi connectivity index (χ1) is 9.85. The summed E-state index contributed by atoms with van der Waals surface area (Å²) in [4.78, 5) is 0. The van der Waals surface area contributed by atoms with Crippen LogP contribution in [0.2, 0.25) is 0 Å². The molecule has 98 valence electrons. The van der Waals surface area contributed by atoms with E-state index in [9.17, 15) is 0 Å². The summed E-state index contributed by atoms with van der Waals surface area (Å²) in [5, 5.41) is 1.15. The van der Waals surface area contributed by atoms with Crippen molar-refractivity contribution in [1.82, 2.24) is 0 Å². The minimum atomic E-state index is 0.821. The molecule has 0 spiro atoms. The number of rotatable bonds is 3. The van der Waals surface area contributed by atoms with E-state index in [0.717, 1.165) is 22.3 Å². The third-order valence-electron chi connectivity index (χ3n) is 3.38. The number of hydrogen-bond donors (Lipinski definition) is 0. The Morgan fingerprint density at radius 3 is 2.50 bits per heavy atom. The third kappa shape index (κ3) is 1.97. The minimum Gasteiger partial charge on any atom is -0.456 e. The van der Waals surface area contributed by atoms with Gasteiger partial charge in [-0.2, -0.15) is 0 Å². The molecule has 0 aliphatic rings. The van der Waals surface area contributed by atoms with E-state index in [0.29, 0.717) is 0 Å². The van der Waals surface area contributed by atoms with Crippen molar-refractivity contribution in [3.63, 3.8) is 0 Å². The van der Waals surface area contributed by atoms with E-state index in [-0.39, 0.29) is 0 Å². The van der Waals surface area contributed by atoms with Crippen molar-refractivity contribution >= 4 is 23.1 Å². The van der Waals surface area contributed by atoms with Crippen molar-refractivity contribution in [2.75, 3.05) is 0 Å². The smallest absolute Gasteiger partial charge is 0.136 e. The maximum absolute atomic E-state index is 5.89. The molecule has 3 rings (SSSR count). The first-order valence-electron chi connectivity index (χ1n) is 6.71. The van der Waals surface area contributed by atoms with E-state index in [1.165, 1.54) is 11.1 Å². The van der Waals surface area contributed by atoms with E-state index in [1.807, 2.05) is 31.2 Å². The predicted molar refractivity (Wildman–Crippen MR) is 86.4 cm³/mol. The van der Waals surface area contributed by atoms with Crippen LogP contribution < -0.4 is 0 Å². The van der Waals surface area contributed by atoms with E-state index in [1.54, 1.807) is 6.08 Å². The molecule has 0 aliphatic carbocycles. The molecule has 1 nitrogen and oxygen atoms in total. The monoisotopic (exact) mass is 260 g/mol. The molecule has 3 aromatic rings. The number of hydrogen-bond acceptors (Lipinski definition) is 1. The zero-order valence-corrected chi connectivity index (χ0v) is 11.5. The Morgan fingerprint density at radius 2 is 1.80 bits per heavy atom. The molecule has 0 saturated carbocycles.